The lowest BCUT2D eigenvalue weighted by Crippen LogP contribution is -2.54. The third-order valence-electron chi connectivity index (χ3n) is 6.61. The molecule has 0 unspecified atom stereocenters. The van der Waals surface area contributed by atoms with Crippen LogP contribution in [0.3, 0.4) is 0 Å². The molecule has 3 aliphatic heterocycles. The Morgan fingerprint density at radius 2 is 1.96 bits per heavy atom. The van der Waals surface area contributed by atoms with Crippen LogP contribution in [0.5, 0.6) is 0 Å². The van der Waals surface area contributed by atoms with E-state index in [4.69, 9.17) is 4.74 Å². The number of hydrogen-bond donors (Lipinski definition) is 1. The molecule has 25 heavy (non-hydrogen) atoms. The summed E-state index contributed by atoms with van der Waals surface area (Å²) in [5.41, 5.74) is 1.98. The predicted molar refractivity (Wildman–Crippen MR) is 98.7 cm³/mol. The lowest BCUT2D eigenvalue weighted by molar-refractivity contribution is -0.131. The number of amides is 1. The number of benzene rings is 1. The zero-order chi connectivity index (χ0) is 17.3. The minimum atomic E-state index is -0.425. The quantitative estimate of drug-likeness (QED) is 0.918. The lowest BCUT2D eigenvalue weighted by Gasteiger charge is -2.39. The van der Waals surface area contributed by atoms with E-state index in [9.17, 15) is 4.79 Å². The molecule has 4 nitrogen and oxygen atoms in total. The number of nitrogens with one attached hydrogen (secondary N) is 1. The number of ether oxygens (including phenoxy) is 1. The van der Waals surface area contributed by atoms with Crippen LogP contribution in [0.15, 0.2) is 24.3 Å². The second kappa shape index (κ2) is 7.08. The summed E-state index contributed by atoms with van der Waals surface area (Å²) in [7, 11) is 0. The van der Waals surface area contributed by atoms with Gasteiger partial charge in [-0.05, 0) is 56.7 Å². The van der Waals surface area contributed by atoms with Crippen molar-refractivity contribution in [1.82, 2.24) is 10.2 Å². The van der Waals surface area contributed by atoms with E-state index in [1.807, 2.05) is 0 Å². The Bertz CT molecular complexity index is 624. The molecule has 0 bridgehead atoms. The monoisotopic (exact) mass is 342 g/mol. The number of hydrogen-bond acceptors (Lipinski definition) is 3. The molecule has 2 atom stereocenters. The SMILES string of the molecule is Cc1ccccc1C1(C(=O)N[C@@H]2CCN3CCCC[C@H]23)CCOCC1. The highest BCUT2D eigenvalue weighted by molar-refractivity contribution is 5.89. The Hall–Kier alpha value is -1.39. The summed E-state index contributed by atoms with van der Waals surface area (Å²) in [5, 5.41) is 3.48. The fourth-order valence-electron chi connectivity index (χ4n) is 5.17. The van der Waals surface area contributed by atoms with Gasteiger partial charge in [0, 0.05) is 31.8 Å². The van der Waals surface area contributed by atoms with Crippen molar-refractivity contribution in [3.63, 3.8) is 0 Å². The van der Waals surface area contributed by atoms with E-state index < -0.39 is 5.41 Å². The minimum absolute atomic E-state index is 0.225. The van der Waals surface area contributed by atoms with Crippen molar-refractivity contribution >= 4 is 5.91 Å². The number of carbonyl (C=O) groups excluding carboxylic acids is 1. The molecule has 4 heteroatoms. The summed E-state index contributed by atoms with van der Waals surface area (Å²) < 4.78 is 5.60. The lowest BCUT2D eigenvalue weighted by atomic mass is 9.71. The summed E-state index contributed by atoms with van der Waals surface area (Å²) in [4.78, 5) is 16.1. The smallest absolute Gasteiger partial charge is 0.231 e. The summed E-state index contributed by atoms with van der Waals surface area (Å²) >= 11 is 0. The third-order valence-corrected chi connectivity index (χ3v) is 6.61. The van der Waals surface area contributed by atoms with Crippen LogP contribution in [0, 0.1) is 6.92 Å². The van der Waals surface area contributed by atoms with E-state index in [1.54, 1.807) is 0 Å². The van der Waals surface area contributed by atoms with Crippen molar-refractivity contribution in [3.05, 3.63) is 35.4 Å². The number of piperidine rings is 1. The standard InChI is InChI=1S/C21H30N2O2/c1-16-6-2-3-7-17(16)21(10-14-25-15-11-21)20(24)22-18-9-13-23-12-5-4-8-19(18)23/h2-3,6-7,18-19H,4-5,8-15H2,1H3,(H,22,24)/t18-,19-/m1/s1. The highest BCUT2D eigenvalue weighted by atomic mass is 16.5. The van der Waals surface area contributed by atoms with E-state index in [2.05, 4.69) is 41.4 Å². The summed E-state index contributed by atoms with van der Waals surface area (Å²) in [6, 6.07) is 9.24. The average molecular weight is 342 g/mol. The van der Waals surface area contributed by atoms with Crippen LogP contribution in [0.4, 0.5) is 0 Å². The average Bonchev–Trinajstić information content (AvgIpc) is 3.06. The summed E-state index contributed by atoms with van der Waals surface area (Å²) in [6.45, 7) is 5.80. The Balaban J connectivity index is 1.57. The van der Waals surface area contributed by atoms with Crippen molar-refractivity contribution in [3.8, 4) is 0 Å². The van der Waals surface area contributed by atoms with Gasteiger partial charge in [-0.3, -0.25) is 9.69 Å². The molecule has 1 aromatic rings. The van der Waals surface area contributed by atoms with Gasteiger partial charge in [-0.15, -0.1) is 0 Å². The van der Waals surface area contributed by atoms with Gasteiger partial charge in [-0.1, -0.05) is 30.7 Å². The molecule has 0 spiro atoms. The van der Waals surface area contributed by atoms with Crippen molar-refractivity contribution < 1.29 is 9.53 Å². The van der Waals surface area contributed by atoms with Gasteiger partial charge in [-0.2, -0.15) is 0 Å². The number of fused-ring (bicyclic) bond motifs is 1. The number of aryl methyl sites for hydroxylation is 1. The van der Waals surface area contributed by atoms with Gasteiger partial charge in [-0.25, -0.2) is 0 Å². The maximum absolute atomic E-state index is 13.5. The number of nitrogens with zero attached hydrogens (tertiary/aromatic N) is 1. The van der Waals surface area contributed by atoms with E-state index >= 15 is 0 Å². The molecule has 3 heterocycles. The first-order valence-corrected chi connectivity index (χ1v) is 9.90. The molecule has 1 aromatic carbocycles. The van der Waals surface area contributed by atoms with Gasteiger partial charge in [0.1, 0.15) is 0 Å². The molecule has 4 rings (SSSR count). The zero-order valence-corrected chi connectivity index (χ0v) is 15.3. The molecular weight excluding hydrogens is 312 g/mol. The van der Waals surface area contributed by atoms with Crippen LogP contribution in [0.1, 0.15) is 49.7 Å². The second-order valence-electron chi connectivity index (χ2n) is 7.98. The molecule has 1 N–H and O–H groups in total. The van der Waals surface area contributed by atoms with Gasteiger partial charge in [0.15, 0.2) is 0 Å². The van der Waals surface area contributed by atoms with Gasteiger partial charge in [0.05, 0.1) is 5.41 Å². The van der Waals surface area contributed by atoms with Gasteiger partial charge >= 0.3 is 0 Å². The maximum atomic E-state index is 13.5. The molecule has 3 saturated heterocycles. The van der Waals surface area contributed by atoms with Crippen LogP contribution in [0.2, 0.25) is 0 Å². The van der Waals surface area contributed by atoms with Gasteiger partial charge in [0.25, 0.3) is 0 Å². The van der Waals surface area contributed by atoms with Crippen LogP contribution in [-0.2, 0) is 14.9 Å². The fourth-order valence-corrected chi connectivity index (χ4v) is 5.17. The molecular formula is C21H30N2O2. The first kappa shape index (κ1) is 17.0. The van der Waals surface area contributed by atoms with Crippen LogP contribution in [-0.4, -0.2) is 49.2 Å². The fraction of sp³-hybridized carbons (Fsp3) is 0.667. The second-order valence-corrected chi connectivity index (χ2v) is 7.98. The number of rotatable bonds is 3. The van der Waals surface area contributed by atoms with Gasteiger partial charge in [0.2, 0.25) is 5.91 Å². The molecule has 1 amide bonds. The largest absolute Gasteiger partial charge is 0.381 e. The molecule has 0 aromatic heterocycles. The first-order valence-electron chi connectivity index (χ1n) is 9.90. The topological polar surface area (TPSA) is 41.6 Å². The van der Waals surface area contributed by atoms with E-state index in [0.29, 0.717) is 25.3 Å². The summed E-state index contributed by atoms with van der Waals surface area (Å²) in [5.74, 6) is 0.225. The molecule has 136 valence electrons. The Morgan fingerprint density at radius 3 is 2.76 bits per heavy atom. The van der Waals surface area contributed by atoms with Crippen LogP contribution in [0.25, 0.3) is 0 Å². The Morgan fingerprint density at radius 1 is 1.16 bits per heavy atom. The van der Waals surface area contributed by atoms with E-state index in [0.717, 1.165) is 25.8 Å². The molecule has 3 fully saturated rings. The van der Waals surface area contributed by atoms with Crippen molar-refractivity contribution in [2.24, 2.45) is 0 Å². The molecule has 0 radical (unpaired) electrons. The van der Waals surface area contributed by atoms with E-state index in [-0.39, 0.29) is 5.91 Å². The zero-order valence-electron chi connectivity index (χ0n) is 15.3. The molecule has 0 saturated carbocycles. The molecule has 3 aliphatic rings. The Labute approximate surface area is 150 Å². The first-order chi connectivity index (χ1) is 12.2. The van der Waals surface area contributed by atoms with E-state index in [1.165, 1.54) is 36.9 Å². The van der Waals surface area contributed by atoms with Crippen molar-refractivity contribution in [2.45, 2.75) is 62.9 Å². The normalized spacial score (nSPS) is 29.2. The minimum Gasteiger partial charge on any atom is -0.381 e. The predicted octanol–water partition coefficient (Wildman–Crippen LogP) is 2.79. The van der Waals surface area contributed by atoms with Crippen LogP contribution < -0.4 is 5.32 Å². The molecule has 0 aliphatic carbocycles. The van der Waals surface area contributed by atoms with Gasteiger partial charge < -0.3 is 10.1 Å². The highest BCUT2D eigenvalue weighted by Gasteiger charge is 2.45. The maximum Gasteiger partial charge on any atom is 0.231 e. The number of carbonyl (C=O) groups is 1. The third kappa shape index (κ3) is 3.11. The highest BCUT2D eigenvalue weighted by Crippen LogP contribution is 2.38. The van der Waals surface area contributed by atoms with Crippen LogP contribution >= 0.6 is 0 Å². The summed E-state index contributed by atoms with van der Waals surface area (Å²) in [6.07, 6.45) is 6.49. The van der Waals surface area contributed by atoms with Crippen molar-refractivity contribution in [1.29, 1.82) is 0 Å². The van der Waals surface area contributed by atoms with Crippen molar-refractivity contribution in [2.75, 3.05) is 26.3 Å². The Kier molecular flexibility index (Phi) is 4.83.